The fourth-order valence-electron chi connectivity index (χ4n) is 1.77. The van der Waals surface area contributed by atoms with Gasteiger partial charge in [0.15, 0.2) is 0 Å². The molecular weight excluding hydrogens is 356 g/mol. The second kappa shape index (κ2) is 6.83. The highest BCUT2D eigenvalue weighted by molar-refractivity contribution is 9.10. The van der Waals surface area contributed by atoms with Crippen LogP contribution < -0.4 is 15.2 Å². The van der Waals surface area contributed by atoms with E-state index in [0.717, 1.165) is 15.8 Å². The van der Waals surface area contributed by atoms with Gasteiger partial charge in [0, 0.05) is 5.56 Å². The molecule has 0 aromatic heterocycles. The van der Waals surface area contributed by atoms with Crippen molar-refractivity contribution in [3.05, 3.63) is 57.0 Å². The number of benzene rings is 2. The van der Waals surface area contributed by atoms with Crippen LogP contribution in [0.2, 0.25) is 5.02 Å². The van der Waals surface area contributed by atoms with Gasteiger partial charge in [0.25, 0.3) is 0 Å². The van der Waals surface area contributed by atoms with Gasteiger partial charge in [-0.1, -0.05) is 17.7 Å². The van der Waals surface area contributed by atoms with E-state index in [9.17, 15) is 0 Å². The molecule has 2 aromatic carbocycles. The van der Waals surface area contributed by atoms with Crippen LogP contribution in [0, 0.1) is 5.41 Å². The molecule has 0 saturated carbocycles. The highest BCUT2D eigenvalue weighted by Gasteiger charge is 2.06. The van der Waals surface area contributed by atoms with Crippen molar-refractivity contribution in [2.45, 2.75) is 6.61 Å². The zero-order valence-electron chi connectivity index (χ0n) is 11.3. The number of hydrogen-bond donors (Lipinski definition) is 2. The summed E-state index contributed by atoms with van der Waals surface area (Å²) in [4.78, 5) is 0. The second-order valence-electron chi connectivity index (χ2n) is 4.31. The maximum absolute atomic E-state index is 7.38. The summed E-state index contributed by atoms with van der Waals surface area (Å²) in [6.07, 6.45) is 0. The van der Waals surface area contributed by atoms with Crippen LogP contribution in [0.15, 0.2) is 40.9 Å². The minimum atomic E-state index is -0.0642. The third-order valence-electron chi connectivity index (χ3n) is 2.85. The van der Waals surface area contributed by atoms with Crippen molar-refractivity contribution in [1.29, 1.82) is 5.41 Å². The fraction of sp³-hybridized carbons (Fsp3) is 0.133. The molecule has 0 bridgehead atoms. The molecule has 3 N–H and O–H groups in total. The number of ether oxygens (including phenoxy) is 2. The third kappa shape index (κ3) is 3.89. The van der Waals surface area contributed by atoms with E-state index >= 15 is 0 Å². The Kier molecular flexibility index (Phi) is 5.09. The molecule has 2 aromatic rings. The molecule has 0 saturated heterocycles. The summed E-state index contributed by atoms with van der Waals surface area (Å²) in [6.45, 7) is 0.401. The first-order valence-corrected chi connectivity index (χ1v) is 7.27. The molecule has 0 amide bonds. The maximum Gasteiger partial charge on any atom is 0.133 e. The zero-order chi connectivity index (χ0) is 15.4. The lowest BCUT2D eigenvalue weighted by Gasteiger charge is -2.10. The first-order chi connectivity index (χ1) is 10.0. The van der Waals surface area contributed by atoms with Crippen molar-refractivity contribution in [2.24, 2.45) is 5.73 Å². The van der Waals surface area contributed by atoms with Gasteiger partial charge in [-0.3, -0.25) is 5.41 Å². The lowest BCUT2D eigenvalue weighted by Crippen LogP contribution is -2.11. The minimum Gasteiger partial charge on any atom is -0.496 e. The van der Waals surface area contributed by atoms with Gasteiger partial charge < -0.3 is 15.2 Å². The summed E-state index contributed by atoms with van der Waals surface area (Å²) in [5, 5.41) is 7.78. The van der Waals surface area contributed by atoms with Gasteiger partial charge in [0.2, 0.25) is 0 Å². The Labute approximate surface area is 136 Å². The van der Waals surface area contributed by atoms with Crippen molar-refractivity contribution in [3.63, 3.8) is 0 Å². The average molecular weight is 370 g/mol. The number of nitrogens with two attached hydrogens (primary N) is 1. The van der Waals surface area contributed by atoms with E-state index in [4.69, 9.17) is 32.2 Å². The van der Waals surface area contributed by atoms with Gasteiger partial charge in [-0.15, -0.1) is 0 Å². The molecule has 0 aliphatic carbocycles. The normalized spacial score (nSPS) is 10.2. The number of methoxy groups -OCH3 is 1. The molecule has 0 aliphatic heterocycles. The van der Waals surface area contributed by atoms with Crippen LogP contribution >= 0.6 is 27.5 Å². The van der Waals surface area contributed by atoms with E-state index in [1.165, 1.54) is 0 Å². The van der Waals surface area contributed by atoms with Crippen molar-refractivity contribution < 1.29 is 9.47 Å². The molecule has 2 rings (SSSR count). The summed E-state index contributed by atoms with van der Waals surface area (Å²) in [7, 11) is 1.62. The topological polar surface area (TPSA) is 68.3 Å². The minimum absolute atomic E-state index is 0.0642. The van der Waals surface area contributed by atoms with Crippen molar-refractivity contribution in [2.75, 3.05) is 7.11 Å². The molecule has 4 nitrogen and oxygen atoms in total. The number of amidine groups is 1. The van der Waals surface area contributed by atoms with E-state index in [-0.39, 0.29) is 5.84 Å². The van der Waals surface area contributed by atoms with E-state index in [1.807, 2.05) is 18.2 Å². The molecule has 110 valence electrons. The van der Waals surface area contributed by atoms with Crippen LogP contribution in [0.25, 0.3) is 0 Å². The van der Waals surface area contributed by atoms with E-state index < -0.39 is 0 Å². The Morgan fingerprint density at radius 3 is 2.62 bits per heavy atom. The van der Waals surface area contributed by atoms with E-state index in [0.29, 0.717) is 22.9 Å². The number of nitrogens with one attached hydrogen (secondary N) is 1. The number of halogens is 2. The zero-order valence-corrected chi connectivity index (χ0v) is 13.7. The van der Waals surface area contributed by atoms with Gasteiger partial charge in [0.05, 0.1) is 16.6 Å². The average Bonchev–Trinajstić information content (AvgIpc) is 2.45. The Hall–Kier alpha value is -1.72. The van der Waals surface area contributed by atoms with Gasteiger partial charge in [-0.2, -0.15) is 0 Å². The second-order valence-corrected chi connectivity index (χ2v) is 5.57. The van der Waals surface area contributed by atoms with E-state index in [1.54, 1.807) is 25.3 Å². The largest absolute Gasteiger partial charge is 0.496 e. The lowest BCUT2D eigenvalue weighted by molar-refractivity contribution is 0.306. The standard InChI is InChI=1S/C15H14BrClN2O2/c1-20-14-5-2-9(6-12(14)16)8-21-10-3-4-11(15(18)19)13(17)7-10/h2-7H,8H2,1H3,(H3,18,19). The highest BCUT2D eigenvalue weighted by atomic mass is 79.9. The summed E-state index contributed by atoms with van der Waals surface area (Å²) >= 11 is 9.48. The van der Waals surface area contributed by atoms with Crippen LogP contribution in [0.5, 0.6) is 11.5 Å². The van der Waals surface area contributed by atoms with Gasteiger partial charge in [-0.25, -0.2) is 0 Å². The quantitative estimate of drug-likeness (QED) is 0.619. The molecule has 0 unspecified atom stereocenters. The molecule has 0 aliphatic rings. The van der Waals surface area contributed by atoms with Gasteiger partial charge >= 0.3 is 0 Å². The molecule has 0 heterocycles. The van der Waals surface area contributed by atoms with Crippen LogP contribution in [-0.4, -0.2) is 12.9 Å². The molecule has 0 atom stereocenters. The SMILES string of the molecule is COc1ccc(COc2ccc(C(=N)N)c(Cl)c2)cc1Br. The first-order valence-electron chi connectivity index (χ1n) is 6.10. The Bertz CT molecular complexity index is 677. The third-order valence-corrected chi connectivity index (χ3v) is 3.78. The monoisotopic (exact) mass is 368 g/mol. The summed E-state index contributed by atoms with van der Waals surface area (Å²) in [5.74, 6) is 1.33. The van der Waals surface area contributed by atoms with Crippen LogP contribution in [0.3, 0.4) is 0 Å². The van der Waals surface area contributed by atoms with Crippen molar-refractivity contribution in [3.8, 4) is 11.5 Å². The summed E-state index contributed by atoms with van der Waals surface area (Å²) < 4.78 is 11.7. The highest BCUT2D eigenvalue weighted by Crippen LogP contribution is 2.27. The number of hydrogen-bond acceptors (Lipinski definition) is 3. The number of rotatable bonds is 5. The summed E-state index contributed by atoms with van der Waals surface area (Å²) in [5.41, 5.74) is 6.91. The predicted octanol–water partition coefficient (Wildman–Crippen LogP) is 3.97. The van der Waals surface area contributed by atoms with E-state index in [2.05, 4.69) is 15.9 Å². The van der Waals surface area contributed by atoms with Gasteiger partial charge in [-0.05, 0) is 51.8 Å². The Morgan fingerprint density at radius 2 is 2.05 bits per heavy atom. The molecule has 0 spiro atoms. The van der Waals surface area contributed by atoms with Crippen molar-refractivity contribution >= 4 is 33.4 Å². The molecule has 21 heavy (non-hydrogen) atoms. The fourth-order valence-corrected chi connectivity index (χ4v) is 2.63. The number of nitrogen functional groups attached to an aromatic ring is 1. The predicted molar refractivity (Wildman–Crippen MR) is 87.5 cm³/mol. The maximum atomic E-state index is 7.38. The van der Waals surface area contributed by atoms with Crippen LogP contribution in [-0.2, 0) is 6.61 Å². The first kappa shape index (κ1) is 15.7. The van der Waals surface area contributed by atoms with Crippen molar-refractivity contribution in [1.82, 2.24) is 0 Å². The Morgan fingerprint density at radius 1 is 1.29 bits per heavy atom. The molecule has 0 radical (unpaired) electrons. The van der Waals surface area contributed by atoms with Gasteiger partial charge in [0.1, 0.15) is 23.9 Å². The lowest BCUT2D eigenvalue weighted by atomic mass is 10.2. The molecule has 6 heteroatoms. The summed E-state index contributed by atoms with van der Waals surface area (Å²) in [6, 6.07) is 10.8. The van der Waals surface area contributed by atoms with Crippen LogP contribution in [0.1, 0.15) is 11.1 Å². The molecular formula is C15H14BrClN2O2. The smallest absolute Gasteiger partial charge is 0.133 e. The molecule has 0 fully saturated rings. The Balaban J connectivity index is 2.08. The van der Waals surface area contributed by atoms with Crippen LogP contribution in [0.4, 0.5) is 0 Å².